The van der Waals surface area contributed by atoms with Crippen LogP contribution < -0.4 is 11.1 Å². The molecule has 3 atom stereocenters. The van der Waals surface area contributed by atoms with Crippen molar-refractivity contribution in [2.45, 2.75) is 57.7 Å². The van der Waals surface area contributed by atoms with Crippen molar-refractivity contribution in [1.29, 1.82) is 0 Å². The SMILES string of the molecule is CC(C)CC(NC(=O)C1CCCN1C(=O)C(N)Cc1cnc[nH]1)C(=O)O. The summed E-state index contributed by atoms with van der Waals surface area (Å²) in [5, 5.41) is 11.9. The summed E-state index contributed by atoms with van der Waals surface area (Å²) in [6.45, 7) is 4.22. The Kier molecular flexibility index (Phi) is 6.73. The van der Waals surface area contributed by atoms with E-state index >= 15 is 0 Å². The molecule has 1 aromatic heterocycles. The van der Waals surface area contributed by atoms with Gasteiger partial charge in [0.2, 0.25) is 11.8 Å². The Balaban J connectivity index is 2.00. The van der Waals surface area contributed by atoms with Crippen molar-refractivity contribution in [2.75, 3.05) is 6.54 Å². The first-order valence-corrected chi connectivity index (χ1v) is 8.86. The number of nitrogens with zero attached hydrogens (tertiary/aromatic N) is 2. The van der Waals surface area contributed by atoms with E-state index in [0.29, 0.717) is 32.2 Å². The van der Waals surface area contributed by atoms with E-state index < -0.39 is 30.0 Å². The van der Waals surface area contributed by atoms with Gasteiger partial charge in [0, 0.05) is 24.9 Å². The van der Waals surface area contributed by atoms with E-state index in [2.05, 4.69) is 15.3 Å². The summed E-state index contributed by atoms with van der Waals surface area (Å²) in [7, 11) is 0. The van der Waals surface area contributed by atoms with Crippen LogP contribution >= 0.6 is 0 Å². The lowest BCUT2D eigenvalue weighted by molar-refractivity contribution is -0.144. The van der Waals surface area contributed by atoms with Gasteiger partial charge in [0.05, 0.1) is 12.4 Å². The van der Waals surface area contributed by atoms with E-state index in [9.17, 15) is 19.5 Å². The molecule has 1 aliphatic heterocycles. The van der Waals surface area contributed by atoms with Crippen LogP contribution in [0.4, 0.5) is 0 Å². The standard InChI is InChI=1S/C17H27N5O4/c1-10(2)6-13(17(25)26)21-15(23)14-4-3-5-22(14)16(24)12(18)7-11-8-19-9-20-11/h8-10,12-14H,3-7,18H2,1-2H3,(H,19,20)(H,21,23)(H,25,26). The molecule has 1 aliphatic rings. The van der Waals surface area contributed by atoms with Gasteiger partial charge < -0.3 is 26.0 Å². The number of amides is 2. The van der Waals surface area contributed by atoms with Crippen LogP contribution in [0.5, 0.6) is 0 Å². The zero-order chi connectivity index (χ0) is 19.3. The van der Waals surface area contributed by atoms with Gasteiger partial charge in [-0.3, -0.25) is 9.59 Å². The fourth-order valence-electron chi connectivity index (χ4n) is 3.20. The Morgan fingerprint density at radius 1 is 1.46 bits per heavy atom. The molecular formula is C17H27N5O4. The third-order valence-electron chi connectivity index (χ3n) is 4.47. The topological polar surface area (TPSA) is 141 Å². The van der Waals surface area contributed by atoms with Gasteiger partial charge in [-0.1, -0.05) is 13.8 Å². The van der Waals surface area contributed by atoms with Crippen LogP contribution in [0.3, 0.4) is 0 Å². The summed E-state index contributed by atoms with van der Waals surface area (Å²) in [4.78, 5) is 44.8. The molecule has 9 heteroatoms. The number of hydrogen-bond donors (Lipinski definition) is 4. The van der Waals surface area contributed by atoms with E-state index in [1.54, 1.807) is 6.20 Å². The fourth-order valence-corrected chi connectivity index (χ4v) is 3.20. The molecule has 1 fully saturated rings. The van der Waals surface area contributed by atoms with E-state index in [4.69, 9.17) is 5.73 Å². The highest BCUT2D eigenvalue weighted by Crippen LogP contribution is 2.19. The Morgan fingerprint density at radius 2 is 2.19 bits per heavy atom. The van der Waals surface area contributed by atoms with Crippen LogP contribution in [0.25, 0.3) is 0 Å². The molecule has 2 heterocycles. The lowest BCUT2D eigenvalue weighted by Crippen LogP contribution is -2.54. The van der Waals surface area contributed by atoms with E-state index in [1.165, 1.54) is 11.2 Å². The quantitative estimate of drug-likeness (QED) is 0.506. The highest BCUT2D eigenvalue weighted by atomic mass is 16.4. The monoisotopic (exact) mass is 365 g/mol. The largest absolute Gasteiger partial charge is 0.480 e. The number of imidazole rings is 1. The molecule has 9 nitrogen and oxygen atoms in total. The molecule has 0 aromatic carbocycles. The molecule has 1 saturated heterocycles. The van der Waals surface area contributed by atoms with Gasteiger partial charge in [-0.05, 0) is 25.2 Å². The highest BCUT2D eigenvalue weighted by Gasteiger charge is 2.37. The lowest BCUT2D eigenvalue weighted by Gasteiger charge is -2.28. The summed E-state index contributed by atoms with van der Waals surface area (Å²) in [5.74, 6) is -1.69. The molecule has 2 amide bonds. The summed E-state index contributed by atoms with van der Waals surface area (Å²) in [6, 6.07) is -2.42. The number of carbonyl (C=O) groups excluding carboxylic acids is 2. The Hall–Kier alpha value is -2.42. The minimum atomic E-state index is -1.07. The first-order valence-electron chi connectivity index (χ1n) is 8.86. The van der Waals surface area contributed by atoms with Gasteiger partial charge >= 0.3 is 5.97 Å². The minimum Gasteiger partial charge on any atom is -0.480 e. The number of carbonyl (C=O) groups is 3. The van der Waals surface area contributed by atoms with Gasteiger partial charge in [-0.25, -0.2) is 9.78 Å². The average Bonchev–Trinajstić information content (AvgIpc) is 3.24. The molecule has 2 rings (SSSR count). The van der Waals surface area contributed by atoms with E-state index in [0.717, 1.165) is 5.69 Å². The summed E-state index contributed by atoms with van der Waals surface area (Å²) in [5.41, 5.74) is 6.75. The third-order valence-corrected chi connectivity index (χ3v) is 4.47. The molecule has 0 radical (unpaired) electrons. The zero-order valence-corrected chi connectivity index (χ0v) is 15.1. The molecule has 0 spiro atoms. The molecule has 5 N–H and O–H groups in total. The number of nitrogens with two attached hydrogens (primary N) is 1. The second kappa shape index (κ2) is 8.79. The Morgan fingerprint density at radius 3 is 2.77 bits per heavy atom. The summed E-state index contributed by atoms with van der Waals surface area (Å²) >= 11 is 0. The van der Waals surface area contributed by atoms with Gasteiger partial charge in [-0.15, -0.1) is 0 Å². The summed E-state index contributed by atoms with van der Waals surface area (Å²) < 4.78 is 0. The number of aromatic nitrogens is 2. The molecule has 0 aliphatic carbocycles. The smallest absolute Gasteiger partial charge is 0.326 e. The van der Waals surface area contributed by atoms with Gasteiger partial charge in [0.1, 0.15) is 12.1 Å². The second-order valence-corrected chi connectivity index (χ2v) is 7.11. The van der Waals surface area contributed by atoms with E-state index in [-0.39, 0.29) is 11.8 Å². The summed E-state index contributed by atoms with van der Waals surface area (Å²) in [6.07, 6.45) is 4.94. The maximum absolute atomic E-state index is 12.7. The van der Waals surface area contributed by atoms with Crippen molar-refractivity contribution >= 4 is 17.8 Å². The number of hydrogen-bond acceptors (Lipinski definition) is 5. The normalized spacial score (nSPS) is 19.4. The van der Waals surface area contributed by atoms with Crippen molar-refractivity contribution in [3.05, 3.63) is 18.2 Å². The molecule has 3 unspecified atom stereocenters. The Labute approximate surface area is 152 Å². The number of likely N-dealkylation sites (tertiary alicyclic amines) is 1. The van der Waals surface area contributed by atoms with Crippen LogP contribution in [-0.4, -0.2) is 62.4 Å². The maximum Gasteiger partial charge on any atom is 0.326 e. The first kappa shape index (κ1) is 19.9. The number of aromatic amines is 1. The molecule has 26 heavy (non-hydrogen) atoms. The number of nitrogens with one attached hydrogen (secondary N) is 2. The zero-order valence-electron chi connectivity index (χ0n) is 15.1. The maximum atomic E-state index is 12.7. The van der Waals surface area contributed by atoms with Gasteiger partial charge in [0.25, 0.3) is 0 Å². The number of aliphatic carboxylic acids is 1. The number of rotatable bonds is 8. The van der Waals surface area contributed by atoms with Crippen molar-refractivity contribution in [3.63, 3.8) is 0 Å². The van der Waals surface area contributed by atoms with Crippen LogP contribution in [0.15, 0.2) is 12.5 Å². The lowest BCUT2D eigenvalue weighted by atomic mass is 10.0. The highest BCUT2D eigenvalue weighted by molar-refractivity contribution is 5.92. The van der Waals surface area contributed by atoms with Crippen LogP contribution in [-0.2, 0) is 20.8 Å². The number of carboxylic acid groups (broad SMARTS) is 1. The van der Waals surface area contributed by atoms with Crippen molar-refractivity contribution in [3.8, 4) is 0 Å². The van der Waals surface area contributed by atoms with Crippen LogP contribution in [0, 0.1) is 5.92 Å². The molecule has 0 bridgehead atoms. The predicted octanol–water partition coefficient (Wildman–Crippen LogP) is -0.114. The van der Waals surface area contributed by atoms with Crippen molar-refractivity contribution in [1.82, 2.24) is 20.2 Å². The van der Waals surface area contributed by atoms with Crippen LogP contribution in [0.1, 0.15) is 38.8 Å². The first-order chi connectivity index (χ1) is 12.3. The second-order valence-electron chi connectivity index (χ2n) is 7.11. The molecule has 0 saturated carbocycles. The van der Waals surface area contributed by atoms with Gasteiger partial charge in [0.15, 0.2) is 0 Å². The Bertz CT molecular complexity index is 631. The molecule has 144 valence electrons. The molecule has 1 aromatic rings. The van der Waals surface area contributed by atoms with E-state index in [1.807, 2.05) is 13.8 Å². The minimum absolute atomic E-state index is 0.126. The predicted molar refractivity (Wildman–Crippen MR) is 94.0 cm³/mol. The number of carboxylic acids is 1. The number of H-pyrrole nitrogens is 1. The molecular weight excluding hydrogens is 338 g/mol. The van der Waals surface area contributed by atoms with Crippen LogP contribution in [0.2, 0.25) is 0 Å². The third kappa shape index (κ3) is 5.04. The van der Waals surface area contributed by atoms with Crippen molar-refractivity contribution < 1.29 is 19.5 Å². The average molecular weight is 365 g/mol. The van der Waals surface area contributed by atoms with Crippen molar-refractivity contribution in [2.24, 2.45) is 11.7 Å². The fraction of sp³-hybridized carbons (Fsp3) is 0.647. The van der Waals surface area contributed by atoms with Gasteiger partial charge in [-0.2, -0.15) is 0 Å².